The summed E-state index contributed by atoms with van der Waals surface area (Å²) in [5, 5.41) is 3.01. The van der Waals surface area contributed by atoms with E-state index in [-0.39, 0.29) is 36.9 Å². The van der Waals surface area contributed by atoms with Gasteiger partial charge in [-0.05, 0) is 19.8 Å². The lowest BCUT2D eigenvalue weighted by Crippen LogP contribution is -2.38. The van der Waals surface area contributed by atoms with E-state index in [4.69, 9.17) is 4.74 Å². The number of nitrogens with one attached hydrogen (secondary N) is 1. The number of ether oxygens (including phenoxy) is 1. The van der Waals surface area contributed by atoms with Crippen molar-refractivity contribution in [1.82, 2.24) is 10.2 Å². The maximum atomic E-state index is 11.7. The zero-order chi connectivity index (χ0) is 16.5. The van der Waals surface area contributed by atoms with Gasteiger partial charge in [0.05, 0.1) is 6.10 Å². The molecule has 0 aromatic rings. The van der Waals surface area contributed by atoms with E-state index in [1.807, 2.05) is 13.8 Å². The van der Waals surface area contributed by atoms with Crippen LogP contribution < -0.4 is 5.32 Å². The van der Waals surface area contributed by atoms with Gasteiger partial charge < -0.3 is 10.1 Å². The van der Waals surface area contributed by atoms with Gasteiger partial charge >= 0.3 is 0 Å². The number of hydrogen-bond acceptors (Lipinski definition) is 5. The van der Waals surface area contributed by atoms with Crippen LogP contribution in [0.4, 0.5) is 0 Å². The van der Waals surface area contributed by atoms with Crippen molar-refractivity contribution in [2.45, 2.75) is 44.5 Å². The molecule has 1 heterocycles. The van der Waals surface area contributed by atoms with Gasteiger partial charge in [0.1, 0.15) is 0 Å². The van der Waals surface area contributed by atoms with Crippen LogP contribution in [0.2, 0.25) is 0 Å². The zero-order valence-corrected chi connectivity index (χ0v) is 14.0. The molecule has 0 radical (unpaired) electrons. The summed E-state index contributed by atoms with van der Waals surface area (Å²) in [6.45, 7) is 5.05. The maximum Gasteiger partial charge on any atom is 0.253 e. The second-order valence-corrected chi connectivity index (χ2v) is 6.25. The maximum absolute atomic E-state index is 11.7. The average molecular weight is 328 g/mol. The van der Waals surface area contributed by atoms with Crippen LogP contribution in [0.15, 0.2) is 12.2 Å². The number of imide groups is 1. The second-order valence-electron chi connectivity index (χ2n) is 5.37. The van der Waals surface area contributed by atoms with E-state index in [1.165, 1.54) is 12.2 Å². The fourth-order valence-electron chi connectivity index (χ4n) is 1.90. The first-order valence-corrected chi connectivity index (χ1v) is 8.01. The number of carbonyl (C=O) groups is 3. The van der Waals surface area contributed by atoms with Gasteiger partial charge in [0.15, 0.2) is 0 Å². The Kier molecular flexibility index (Phi) is 8.19. The van der Waals surface area contributed by atoms with E-state index in [0.29, 0.717) is 24.7 Å². The van der Waals surface area contributed by atoms with Crippen molar-refractivity contribution in [3.63, 3.8) is 0 Å². The molecule has 22 heavy (non-hydrogen) atoms. The first kappa shape index (κ1) is 18.7. The van der Waals surface area contributed by atoms with Crippen LogP contribution >= 0.6 is 12.6 Å². The number of hydrogen-bond donors (Lipinski definition) is 2. The highest BCUT2D eigenvalue weighted by molar-refractivity contribution is 7.80. The number of nitrogens with zero attached hydrogens (tertiary/aromatic N) is 1. The van der Waals surface area contributed by atoms with Gasteiger partial charge in [-0.1, -0.05) is 6.92 Å². The van der Waals surface area contributed by atoms with Crippen LogP contribution in [0.5, 0.6) is 0 Å². The SMILES string of the molecule is CC(S)CCOC(C)CCC(=O)NCCN1C(=O)C=CC1=O. The molecule has 6 nitrogen and oxygen atoms in total. The lowest BCUT2D eigenvalue weighted by molar-refractivity contribution is -0.137. The zero-order valence-electron chi connectivity index (χ0n) is 13.1. The molecule has 1 aliphatic heterocycles. The van der Waals surface area contributed by atoms with Crippen molar-refractivity contribution in [1.29, 1.82) is 0 Å². The van der Waals surface area contributed by atoms with Gasteiger partial charge in [0, 0.05) is 43.5 Å². The summed E-state index contributed by atoms with van der Waals surface area (Å²) < 4.78 is 5.58. The molecule has 1 aliphatic rings. The third-order valence-corrected chi connectivity index (χ3v) is 3.53. The van der Waals surface area contributed by atoms with Crippen LogP contribution in [0, 0.1) is 0 Å². The van der Waals surface area contributed by atoms with Gasteiger partial charge in [-0.3, -0.25) is 19.3 Å². The predicted molar refractivity (Wildman–Crippen MR) is 86.6 cm³/mol. The lowest BCUT2D eigenvalue weighted by Gasteiger charge is -2.15. The summed E-state index contributed by atoms with van der Waals surface area (Å²) in [5.41, 5.74) is 0. The molecular weight excluding hydrogens is 304 g/mol. The molecule has 0 aromatic carbocycles. The number of thiol groups is 1. The van der Waals surface area contributed by atoms with Crippen molar-refractivity contribution >= 4 is 30.4 Å². The molecule has 2 atom stereocenters. The Bertz CT molecular complexity index is 419. The molecule has 124 valence electrons. The van der Waals surface area contributed by atoms with Gasteiger partial charge in [-0.15, -0.1) is 0 Å². The average Bonchev–Trinajstić information content (AvgIpc) is 2.76. The third-order valence-electron chi connectivity index (χ3n) is 3.27. The molecule has 7 heteroatoms. The minimum absolute atomic E-state index is 0.0174. The van der Waals surface area contributed by atoms with E-state index in [2.05, 4.69) is 17.9 Å². The number of amides is 3. The highest BCUT2D eigenvalue weighted by Crippen LogP contribution is 2.06. The van der Waals surface area contributed by atoms with Crippen molar-refractivity contribution in [3.05, 3.63) is 12.2 Å². The van der Waals surface area contributed by atoms with Crippen molar-refractivity contribution in [2.24, 2.45) is 0 Å². The Labute approximate surface area is 136 Å². The molecule has 1 N–H and O–H groups in total. The molecule has 0 aliphatic carbocycles. The summed E-state index contributed by atoms with van der Waals surface area (Å²) in [6, 6.07) is 0. The van der Waals surface area contributed by atoms with Gasteiger partial charge in [-0.2, -0.15) is 12.6 Å². The summed E-state index contributed by atoms with van der Waals surface area (Å²) >= 11 is 4.27. The topological polar surface area (TPSA) is 75.7 Å². The predicted octanol–water partition coefficient (Wildman–Crippen LogP) is 0.921. The number of rotatable bonds is 10. The van der Waals surface area contributed by atoms with E-state index >= 15 is 0 Å². The minimum atomic E-state index is -0.334. The van der Waals surface area contributed by atoms with Crippen LogP contribution in [0.25, 0.3) is 0 Å². The van der Waals surface area contributed by atoms with Crippen molar-refractivity contribution < 1.29 is 19.1 Å². The first-order valence-electron chi connectivity index (χ1n) is 7.50. The van der Waals surface area contributed by atoms with E-state index in [9.17, 15) is 14.4 Å². The molecule has 0 saturated heterocycles. The summed E-state index contributed by atoms with van der Waals surface area (Å²) in [6.07, 6.45) is 4.35. The molecule has 1 rings (SSSR count). The van der Waals surface area contributed by atoms with E-state index < -0.39 is 0 Å². The van der Waals surface area contributed by atoms with Crippen LogP contribution in [0.1, 0.15) is 33.1 Å². The molecular formula is C15H24N2O4S. The lowest BCUT2D eigenvalue weighted by atomic mass is 10.2. The van der Waals surface area contributed by atoms with Crippen LogP contribution in [-0.4, -0.2) is 53.7 Å². The highest BCUT2D eigenvalue weighted by Gasteiger charge is 2.22. The largest absolute Gasteiger partial charge is 0.378 e. The van der Waals surface area contributed by atoms with Crippen LogP contribution in [0.3, 0.4) is 0 Å². The Balaban J connectivity index is 2.08. The molecule has 0 spiro atoms. The monoisotopic (exact) mass is 328 g/mol. The third kappa shape index (κ3) is 7.09. The summed E-state index contributed by atoms with van der Waals surface area (Å²) in [4.78, 5) is 35.4. The normalized spacial score (nSPS) is 17.0. The fraction of sp³-hybridized carbons (Fsp3) is 0.667. The van der Waals surface area contributed by atoms with Gasteiger partial charge in [0.25, 0.3) is 11.8 Å². The van der Waals surface area contributed by atoms with Gasteiger partial charge in [-0.25, -0.2) is 0 Å². The summed E-state index contributed by atoms with van der Waals surface area (Å²) in [7, 11) is 0. The van der Waals surface area contributed by atoms with E-state index in [0.717, 1.165) is 11.3 Å². The molecule has 0 bridgehead atoms. The Morgan fingerprint density at radius 2 is 1.91 bits per heavy atom. The van der Waals surface area contributed by atoms with Crippen LogP contribution in [-0.2, 0) is 19.1 Å². The molecule has 0 saturated carbocycles. The fourth-order valence-corrected chi connectivity index (χ4v) is 2.01. The highest BCUT2D eigenvalue weighted by atomic mass is 32.1. The first-order chi connectivity index (χ1) is 10.4. The summed E-state index contributed by atoms with van der Waals surface area (Å²) in [5.74, 6) is -0.774. The molecule has 3 amide bonds. The molecule has 0 fully saturated rings. The smallest absolute Gasteiger partial charge is 0.253 e. The van der Waals surface area contributed by atoms with Crippen molar-refractivity contribution in [3.8, 4) is 0 Å². The standard InChI is InChI=1S/C15H24N2O4S/c1-11(21-10-7-12(2)22)3-4-13(18)16-8-9-17-14(19)5-6-15(17)20/h5-6,11-12,22H,3-4,7-10H2,1-2H3,(H,16,18). The van der Waals surface area contributed by atoms with Gasteiger partial charge in [0.2, 0.25) is 5.91 Å². The minimum Gasteiger partial charge on any atom is -0.378 e. The quantitative estimate of drug-likeness (QED) is 0.462. The van der Waals surface area contributed by atoms with E-state index in [1.54, 1.807) is 0 Å². The second kappa shape index (κ2) is 9.63. The number of carbonyl (C=O) groups excluding carboxylic acids is 3. The molecule has 0 aromatic heterocycles. The van der Waals surface area contributed by atoms with Crippen molar-refractivity contribution in [2.75, 3.05) is 19.7 Å². The Morgan fingerprint density at radius 1 is 1.27 bits per heavy atom. The Hall–Kier alpha value is -1.34. The molecule has 2 unspecified atom stereocenters. The Morgan fingerprint density at radius 3 is 2.50 bits per heavy atom.